The fourth-order valence-electron chi connectivity index (χ4n) is 1.69. The summed E-state index contributed by atoms with van der Waals surface area (Å²) < 4.78 is 17.5. The van der Waals surface area contributed by atoms with E-state index in [1.54, 1.807) is 5.38 Å². The molecule has 1 aromatic carbocycles. The van der Waals surface area contributed by atoms with Crippen molar-refractivity contribution in [1.29, 1.82) is 0 Å². The Balaban J connectivity index is 1.82. The first-order chi connectivity index (χ1) is 11.5. The van der Waals surface area contributed by atoms with Crippen molar-refractivity contribution in [1.82, 2.24) is 0 Å². The summed E-state index contributed by atoms with van der Waals surface area (Å²) in [5.41, 5.74) is 5.96. The van der Waals surface area contributed by atoms with E-state index < -0.39 is 24.4 Å². The number of primary amides is 1. The van der Waals surface area contributed by atoms with Crippen LogP contribution in [0.15, 0.2) is 41.8 Å². The van der Waals surface area contributed by atoms with E-state index in [9.17, 15) is 18.8 Å². The van der Waals surface area contributed by atoms with Gasteiger partial charge in [0.1, 0.15) is 10.8 Å². The Morgan fingerprint density at radius 3 is 2.58 bits per heavy atom. The average molecular weight is 348 g/mol. The van der Waals surface area contributed by atoms with Crippen LogP contribution >= 0.6 is 11.3 Å². The number of carbonyl (C=O) groups is 3. The fourth-order valence-corrected chi connectivity index (χ4v) is 2.49. The molecule has 0 fully saturated rings. The molecule has 8 heteroatoms. The van der Waals surface area contributed by atoms with Crippen molar-refractivity contribution in [2.24, 2.45) is 5.73 Å². The highest BCUT2D eigenvalue weighted by atomic mass is 32.1. The van der Waals surface area contributed by atoms with Crippen molar-refractivity contribution in [3.8, 4) is 0 Å². The smallest absolute Gasteiger partial charge is 0.331 e. The van der Waals surface area contributed by atoms with Crippen molar-refractivity contribution < 1.29 is 23.5 Å². The molecular weight excluding hydrogens is 335 g/mol. The number of nitrogens with two attached hydrogens (primary N) is 1. The van der Waals surface area contributed by atoms with Gasteiger partial charge in [0.2, 0.25) is 0 Å². The summed E-state index contributed by atoms with van der Waals surface area (Å²) >= 11 is 1.13. The van der Waals surface area contributed by atoms with Gasteiger partial charge in [-0.05, 0) is 35.2 Å². The molecule has 2 aromatic rings. The summed E-state index contributed by atoms with van der Waals surface area (Å²) in [5, 5.41) is 4.34. The maximum Gasteiger partial charge on any atom is 0.331 e. The van der Waals surface area contributed by atoms with Gasteiger partial charge in [-0.15, -0.1) is 11.3 Å². The van der Waals surface area contributed by atoms with E-state index in [4.69, 9.17) is 10.5 Å². The first-order valence-corrected chi connectivity index (χ1v) is 7.61. The van der Waals surface area contributed by atoms with Crippen LogP contribution in [-0.2, 0) is 14.3 Å². The number of hydrogen-bond donors (Lipinski definition) is 2. The largest absolute Gasteiger partial charge is 0.452 e. The Kier molecular flexibility index (Phi) is 5.80. The van der Waals surface area contributed by atoms with Gasteiger partial charge in [-0.2, -0.15) is 0 Å². The van der Waals surface area contributed by atoms with Gasteiger partial charge in [-0.1, -0.05) is 12.1 Å². The Morgan fingerprint density at radius 2 is 1.92 bits per heavy atom. The topological polar surface area (TPSA) is 98.5 Å². The maximum atomic E-state index is 12.7. The average Bonchev–Trinajstić information content (AvgIpc) is 3.00. The first kappa shape index (κ1) is 17.4. The molecule has 0 aliphatic heterocycles. The number of halogens is 1. The van der Waals surface area contributed by atoms with Crippen molar-refractivity contribution in [3.05, 3.63) is 58.7 Å². The number of amides is 2. The highest BCUT2D eigenvalue weighted by Gasteiger charge is 2.13. The van der Waals surface area contributed by atoms with Crippen LogP contribution in [0, 0.1) is 5.82 Å². The van der Waals surface area contributed by atoms with Crippen molar-refractivity contribution >= 4 is 40.2 Å². The Morgan fingerprint density at radius 1 is 1.21 bits per heavy atom. The Hall–Kier alpha value is -3.00. The molecule has 24 heavy (non-hydrogen) atoms. The normalized spacial score (nSPS) is 10.5. The van der Waals surface area contributed by atoms with Crippen molar-refractivity contribution in [2.45, 2.75) is 0 Å². The van der Waals surface area contributed by atoms with Gasteiger partial charge in [-0.3, -0.25) is 9.59 Å². The van der Waals surface area contributed by atoms with Crippen LogP contribution in [0.5, 0.6) is 0 Å². The quantitative estimate of drug-likeness (QED) is 0.617. The molecule has 0 spiro atoms. The third-order valence-corrected chi connectivity index (χ3v) is 3.64. The number of hydrogen-bond acceptors (Lipinski definition) is 5. The van der Waals surface area contributed by atoms with Crippen LogP contribution in [0.2, 0.25) is 0 Å². The predicted octanol–water partition coefficient (Wildman–Crippen LogP) is 2.18. The van der Waals surface area contributed by atoms with Crippen LogP contribution in [0.3, 0.4) is 0 Å². The van der Waals surface area contributed by atoms with Crippen LogP contribution in [0.1, 0.15) is 15.9 Å². The van der Waals surface area contributed by atoms with Gasteiger partial charge >= 0.3 is 5.97 Å². The third-order valence-electron chi connectivity index (χ3n) is 2.81. The molecule has 0 saturated carbocycles. The second-order valence-electron chi connectivity index (χ2n) is 4.57. The minimum atomic E-state index is -0.726. The van der Waals surface area contributed by atoms with Gasteiger partial charge in [0, 0.05) is 6.08 Å². The molecule has 1 aromatic heterocycles. The highest BCUT2D eigenvalue weighted by Crippen LogP contribution is 2.22. The summed E-state index contributed by atoms with van der Waals surface area (Å²) in [7, 11) is 0. The van der Waals surface area contributed by atoms with Crippen LogP contribution in [-0.4, -0.2) is 24.4 Å². The molecule has 2 amide bonds. The lowest BCUT2D eigenvalue weighted by molar-refractivity contribution is -0.142. The zero-order valence-electron chi connectivity index (χ0n) is 12.3. The van der Waals surface area contributed by atoms with E-state index in [1.807, 2.05) is 0 Å². The van der Waals surface area contributed by atoms with Gasteiger partial charge < -0.3 is 15.8 Å². The van der Waals surface area contributed by atoms with E-state index in [1.165, 1.54) is 36.4 Å². The Bertz CT molecular complexity index is 784. The van der Waals surface area contributed by atoms with Crippen LogP contribution in [0.4, 0.5) is 9.39 Å². The number of esters is 1. The molecule has 0 saturated heterocycles. The number of carbonyl (C=O) groups excluding carboxylic acids is 3. The van der Waals surface area contributed by atoms with Gasteiger partial charge in [-0.25, -0.2) is 9.18 Å². The Labute approximate surface area is 140 Å². The number of ether oxygens (including phenoxy) is 1. The molecule has 2 rings (SSSR count). The number of rotatable bonds is 6. The second kappa shape index (κ2) is 8.02. The van der Waals surface area contributed by atoms with E-state index in [0.717, 1.165) is 17.4 Å². The molecule has 0 unspecified atom stereocenters. The number of anilines is 1. The van der Waals surface area contributed by atoms with E-state index in [-0.39, 0.29) is 11.4 Å². The van der Waals surface area contributed by atoms with Crippen molar-refractivity contribution in [3.63, 3.8) is 0 Å². The summed E-state index contributed by atoms with van der Waals surface area (Å²) in [6.07, 6.45) is 2.56. The fraction of sp³-hybridized carbons (Fsp3) is 0.0625. The molecule has 124 valence electrons. The van der Waals surface area contributed by atoms with E-state index >= 15 is 0 Å². The number of benzene rings is 1. The van der Waals surface area contributed by atoms with Crippen LogP contribution in [0.25, 0.3) is 6.08 Å². The predicted molar refractivity (Wildman–Crippen MR) is 87.9 cm³/mol. The lowest BCUT2D eigenvalue weighted by Crippen LogP contribution is -2.21. The maximum absolute atomic E-state index is 12.7. The summed E-state index contributed by atoms with van der Waals surface area (Å²) in [6.45, 7) is -0.511. The lowest BCUT2D eigenvalue weighted by atomic mass is 10.2. The van der Waals surface area contributed by atoms with Crippen molar-refractivity contribution in [2.75, 3.05) is 11.9 Å². The number of thiophene rings is 1. The number of nitrogens with one attached hydrogen (secondary N) is 1. The summed E-state index contributed by atoms with van der Waals surface area (Å²) in [4.78, 5) is 34.4. The summed E-state index contributed by atoms with van der Waals surface area (Å²) in [6, 6.07) is 6.99. The van der Waals surface area contributed by atoms with Gasteiger partial charge in [0.15, 0.2) is 6.61 Å². The van der Waals surface area contributed by atoms with Gasteiger partial charge in [0.05, 0.1) is 5.56 Å². The standard InChI is InChI=1S/C16H13FN2O4S/c17-11-4-1-10(2-5-11)3-6-14(21)23-9-13(20)19-16-12(15(18)22)7-8-24-16/h1-8H,9H2,(H2,18,22)(H,19,20)/b6-3+. The molecule has 0 aliphatic rings. The molecule has 0 radical (unpaired) electrons. The zero-order chi connectivity index (χ0) is 17.5. The minimum absolute atomic E-state index is 0.191. The summed E-state index contributed by atoms with van der Waals surface area (Å²) in [5.74, 6) is -2.36. The molecule has 0 bridgehead atoms. The molecule has 6 nitrogen and oxygen atoms in total. The molecule has 3 N–H and O–H groups in total. The molecule has 1 heterocycles. The molecule has 0 aliphatic carbocycles. The highest BCUT2D eigenvalue weighted by molar-refractivity contribution is 7.14. The van der Waals surface area contributed by atoms with Crippen LogP contribution < -0.4 is 11.1 Å². The lowest BCUT2D eigenvalue weighted by Gasteiger charge is -2.04. The second-order valence-corrected chi connectivity index (χ2v) is 5.48. The SMILES string of the molecule is NC(=O)c1ccsc1NC(=O)COC(=O)/C=C/c1ccc(F)cc1. The minimum Gasteiger partial charge on any atom is -0.452 e. The first-order valence-electron chi connectivity index (χ1n) is 6.73. The zero-order valence-corrected chi connectivity index (χ0v) is 13.1. The molecular formula is C16H13FN2O4S. The van der Waals surface area contributed by atoms with Gasteiger partial charge in [0.25, 0.3) is 11.8 Å². The van der Waals surface area contributed by atoms with E-state index in [0.29, 0.717) is 10.6 Å². The van der Waals surface area contributed by atoms with E-state index in [2.05, 4.69) is 5.32 Å². The monoisotopic (exact) mass is 348 g/mol. The third kappa shape index (κ3) is 5.03. The molecule has 0 atom stereocenters.